The normalized spacial score (nSPS) is 17.3. The molecule has 1 amide bonds. The third kappa shape index (κ3) is 3.99. The Balaban J connectivity index is 1.43. The molecule has 0 saturated carbocycles. The Labute approximate surface area is 165 Å². The van der Waals surface area contributed by atoms with Crippen LogP contribution in [0.4, 0.5) is 5.69 Å². The average Bonchev–Trinajstić information content (AvgIpc) is 3.44. The summed E-state index contributed by atoms with van der Waals surface area (Å²) in [5, 5.41) is 11.7. The van der Waals surface area contributed by atoms with Crippen LogP contribution in [0, 0.1) is 0 Å². The van der Waals surface area contributed by atoms with E-state index in [4.69, 9.17) is 0 Å². The van der Waals surface area contributed by atoms with Gasteiger partial charge in [-0.25, -0.2) is 4.68 Å². The van der Waals surface area contributed by atoms with Gasteiger partial charge in [-0.1, -0.05) is 6.07 Å². The van der Waals surface area contributed by atoms with Crippen LogP contribution in [0.1, 0.15) is 38.3 Å². The van der Waals surface area contributed by atoms with E-state index in [1.807, 2.05) is 47.4 Å². The summed E-state index contributed by atoms with van der Waals surface area (Å²) in [6.07, 6.45) is 9.51. The summed E-state index contributed by atoms with van der Waals surface area (Å²) in [6.45, 7) is 5.90. The predicted octanol–water partition coefficient (Wildman–Crippen LogP) is 3.25. The molecule has 1 saturated heterocycles. The number of aromatic nitrogens is 4. The molecule has 146 valence electrons. The molecule has 1 fully saturated rings. The zero-order chi connectivity index (χ0) is 19.5. The van der Waals surface area contributed by atoms with Crippen molar-refractivity contribution in [2.24, 2.45) is 0 Å². The second kappa shape index (κ2) is 7.98. The van der Waals surface area contributed by atoms with Gasteiger partial charge < -0.3 is 5.32 Å². The molecule has 0 bridgehead atoms. The largest absolute Gasteiger partial charge is 0.325 e. The van der Waals surface area contributed by atoms with Gasteiger partial charge >= 0.3 is 0 Å². The number of likely N-dealkylation sites (tertiary alicyclic amines) is 1. The van der Waals surface area contributed by atoms with Crippen LogP contribution in [0.25, 0.3) is 5.69 Å². The van der Waals surface area contributed by atoms with Crippen LogP contribution in [0.15, 0.2) is 55.1 Å². The molecule has 7 nitrogen and oxygen atoms in total. The lowest BCUT2D eigenvalue weighted by atomic mass is 10.2. The van der Waals surface area contributed by atoms with Crippen molar-refractivity contribution in [3.05, 3.63) is 60.7 Å². The number of amides is 1. The van der Waals surface area contributed by atoms with E-state index in [2.05, 4.69) is 40.5 Å². The Morgan fingerprint density at radius 1 is 1.29 bits per heavy atom. The Hall–Kier alpha value is -2.93. The van der Waals surface area contributed by atoms with E-state index in [1.165, 1.54) is 0 Å². The molecule has 1 aromatic carbocycles. The monoisotopic (exact) mass is 378 g/mol. The first-order chi connectivity index (χ1) is 13.6. The maximum absolute atomic E-state index is 12.9. The van der Waals surface area contributed by atoms with E-state index in [1.54, 1.807) is 10.9 Å². The molecular weight excluding hydrogens is 352 g/mol. The van der Waals surface area contributed by atoms with Gasteiger partial charge in [0.15, 0.2) is 0 Å². The molecule has 0 radical (unpaired) electrons. The number of nitrogens with one attached hydrogen (secondary N) is 1. The smallest absolute Gasteiger partial charge is 0.241 e. The standard InChI is InChI=1S/C21H26N6O/c1-16(2)27-15-17(13-23-27)14-25-10-4-8-20(25)21(28)24-18-6-3-7-19(12-18)26-11-5-9-22-26/h3,5-7,9,11-13,15-16,20H,4,8,10,14H2,1-2H3,(H,24,28). The first-order valence-corrected chi connectivity index (χ1v) is 9.78. The summed E-state index contributed by atoms with van der Waals surface area (Å²) in [5.74, 6) is 0.0476. The third-order valence-corrected chi connectivity index (χ3v) is 5.12. The third-order valence-electron chi connectivity index (χ3n) is 5.12. The first-order valence-electron chi connectivity index (χ1n) is 9.78. The van der Waals surface area contributed by atoms with Crippen molar-refractivity contribution in [3.8, 4) is 5.69 Å². The fourth-order valence-corrected chi connectivity index (χ4v) is 3.66. The second-order valence-corrected chi connectivity index (χ2v) is 7.54. The molecular formula is C21H26N6O. The SMILES string of the molecule is CC(C)n1cc(CN2CCCC2C(=O)Nc2cccc(-n3cccn3)c2)cn1. The summed E-state index contributed by atoms with van der Waals surface area (Å²) in [7, 11) is 0. The van der Waals surface area contributed by atoms with Crippen LogP contribution in [0.2, 0.25) is 0 Å². The van der Waals surface area contributed by atoms with Gasteiger partial charge in [0.05, 0.1) is 17.9 Å². The summed E-state index contributed by atoms with van der Waals surface area (Å²) < 4.78 is 3.74. The van der Waals surface area contributed by atoms with Crippen LogP contribution in [-0.2, 0) is 11.3 Å². The van der Waals surface area contributed by atoms with Gasteiger partial charge in [-0.2, -0.15) is 10.2 Å². The van der Waals surface area contributed by atoms with Crippen molar-refractivity contribution < 1.29 is 4.79 Å². The summed E-state index contributed by atoms with van der Waals surface area (Å²) >= 11 is 0. The highest BCUT2D eigenvalue weighted by molar-refractivity contribution is 5.95. The summed E-state index contributed by atoms with van der Waals surface area (Å²) in [6, 6.07) is 9.86. The van der Waals surface area contributed by atoms with Crippen LogP contribution < -0.4 is 5.32 Å². The van der Waals surface area contributed by atoms with Crippen LogP contribution in [0.5, 0.6) is 0 Å². The van der Waals surface area contributed by atoms with Crippen LogP contribution in [-0.4, -0.2) is 43.0 Å². The molecule has 2 aromatic heterocycles. The fourth-order valence-electron chi connectivity index (χ4n) is 3.66. The molecule has 0 aliphatic carbocycles. The number of hydrogen-bond acceptors (Lipinski definition) is 4. The second-order valence-electron chi connectivity index (χ2n) is 7.54. The van der Waals surface area contributed by atoms with E-state index >= 15 is 0 Å². The van der Waals surface area contributed by atoms with E-state index in [9.17, 15) is 4.79 Å². The Kier molecular flexibility index (Phi) is 5.25. The lowest BCUT2D eigenvalue weighted by molar-refractivity contribution is -0.120. The molecule has 1 unspecified atom stereocenters. The van der Waals surface area contributed by atoms with Crippen molar-refractivity contribution >= 4 is 11.6 Å². The molecule has 3 aromatic rings. The highest BCUT2D eigenvalue weighted by Gasteiger charge is 2.31. The quantitative estimate of drug-likeness (QED) is 0.715. The molecule has 1 aliphatic rings. The molecule has 1 atom stereocenters. The van der Waals surface area contributed by atoms with Crippen molar-refractivity contribution in [1.29, 1.82) is 0 Å². The topological polar surface area (TPSA) is 68.0 Å². The number of carbonyl (C=O) groups excluding carboxylic acids is 1. The van der Waals surface area contributed by atoms with Crippen molar-refractivity contribution in [2.45, 2.75) is 45.3 Å². The van der Waals surface area contributed by atoms with Crippen LogP contribution >= 0.6 is 0 Å². The van der Waals surface area contributed by atoms with Gasteiger partial charge in [0, 0.05) is 42.4 Å². The highest BCUT2D eigenvalue weighted by Crippen LogP contribution is 2.22. The van der Waals surface area contributed by atoms with E-state index in [0.29, 0.717) is 6.04 Å². The molecule has 28 heavy (non-hydrogen) atoms. The predicted molar refractivity (Wildman–Crippen MR) is 108 cm³/mol. The lowest BCUT2D eigenvalue weighted by Gasteiger charge is -2.23. The zero-order valence-electron chi connectivity index (χ0n) is 16.3. The molecule has 0 spiro atoms. The maximum Gasteiger partial charge on any atom is 0.241 e. The van der Waals surface area contributed by atoms with Crippen molar-refractivity contribution in [1.82, 2.24) is 24.5 Å². The van der Waals surface area contributed by atoms with Gasteiger partial charge in [0.1, 0.15) is 0 Å². The Bertz CT molecular complexity index is 930. The van der Waals surface area contributed by atoms with Crippen LogP contribution in [0.3, 0.4) is 0 Å². The Morgan fingerprint density at radius 2 is 2.18 bits per heavy atom. The molecule has 4 rings (SSSR count). The van der Waals surface area contributed by atoms with E-state index in [-0.39, 0.29) is 11.9 Å². The maximum atomic E-state index is 12.9. The number of hydrogen-bond donors (Lipinski definition) is 1. The average molecular weight is 378 g/mol. The first kappa shape index (κ1) is 18.4. The number of nitrogens with zero attached hydrogens (tertiary/aromatic N) is 5. The Morgan fingerprint density at radius 3 is 2.93 bits per heavy atom. The highest BCUT2D eigenvalue weighted by atomic mass is 16.2. The molecule has 3 heterocycles. The lowest BCUT2D eigenvalue weighted by Crippen LogP contribution is -2.39. The minimum atomic E-state index is -0.115. The number of carbonyl (C=O) groups is 1. The van der Waals surface area contributed by atoms with Crippen molar-refractivity contribution in [2.75, 3.05) is 11.9 Å². The van der Waals surface area contributed by atoms with E-state index in [0.717, 1.165) is 42.9 Å². The van der Waals surface area contributed by atoms with Crippen molar-refractivity contribution in [3.63, 3.8) is 0 Å². The minimum absolute atomic E-state index is 0.0476. The number of rotatable bonds is 6. The summed E-state index contributed by atoms with van der Waals surface area (Å²) in [4.78, 5) is 15.2. The van der Waals surface area contributed by atoms with Gasteiger partial charge in [-0.05, 0) is 57.5 Å². The van der Waals surface area contributed by atoms with Gasteiger partial charge in [-0.15, -0.1) is 0 Å². The number of anilines is 1. The number of benzene rings is 1. The van der Waals surface area contributed by atoms with Gasteiger partial charge in [-0.3, -0.25) is 14.4 Å². The molecule has 1 aliphatic heterocycles. The zero-order valence-corrected chi connectivity index (χ0v) is 16.3. The van der Waals surface area contributed by atoms with Gasteiger partial charge in [0.2, 0.25) is 5.91 Å². The summed E-state index contributed by atoms with van der Waals surface area (Å²) in [5.41, 5.74) is 2.86. The minimum Gasteiger partial charge on any atom is -0.325 e. The van der Waals surface area contributed by atoms with E-state index < -0.39 is 0 Å². The van der Waals surface area contributed by atoms with Gasteiger partial charge in [0.25, 0.3) is 0 Å². The molecule has 1 N–H and O–H groups in total. The molecule has 7 heteroatoms. The fraction of sp³-hybridized carbons (Fsp3) is 0.381.